The summed E-state index contributed by atoms with van der Waals surface area (Å²) < 4.78 is 11.0. The molecule has 1 aliphatic rings. The lowest BCUT2D eigenvalue weighted by Crippen LogP contribution is -2.29. The molecule has 1 fully saturated rings. The van der Waals surface area contributed by atoms with Crippen LogP contribution in [0.1, 0.15) is 38.4 Å². The zero-order chi connectivity index (χ0) is 11.6. The predicted molar refractivity (Wildman–Crippen MR) is 59.8 cm³/mol. The van der Waals surface area contributed by atoms with Gasteiger partial charge in [-0.15, -0.1) is 0 Å². The van der Waals surface area contributed by atoms with Gasteiger partial charge in [0.05, 0.1) is 6.26 Å². The predicted octanol–water partition coefficient (Wildman–Crippen LogP) is 3.17. The lowest BCUT2D eigenvalue weighted by atomic mass is 9.98. The van der Waals surface area contributed by atoms with Crippen molar-refractivity contribution in [3.05, 3.63) is 36.3 Å². The second-order valence-corrected chi connectivity index (χ2v) is 4.35. The highest BCUT2D eigenvalue weighted by molar-refractivity contribution is 5.87. The van der Waals surface area contributed by atoms with Gasteiger partial charge >= 0.3 is 5.97 Å². The van der Waals surface area contributed by atoms with E-state index in [4.69, 9.17) is 9.15 Å². The van der Waals surface area contributed by atoms with Gasteiger partial charge in [0.1, 0.15) is 5.76 Å². The zero-order valence-electron chi connectivity index (χ0n) is 9.49. The molecular formula is C13H16O3. The van der Waals surface area contributed by atoms with Gasteiger partial charge < -0.3 is 9.15 Å². The van der Waals surface area contributed by atoms with Crippen LogP contribution in [0.2, 0.25) is 0 Å². The van der Waals surface area contributed by atoms with Gasteiger partial charge in [0.25, 0.3) is 0 Å². The molecule has 3 nitrogen and oxygen atoms in total. The van der Waals surface area contributed by atoms with Crippen molar-refractivity contribution >= 4 is 5.97 Å². The minimum absolute atomic E-state index is 0.335. The van der Waals surface area contributed by atoms with Crippen LogP contribution in [0.3, 0.4) is 0 Å². The Morgan fingerprint density at radius 3 is 2.69 bits per heavy atom. The maximum atomic E-state index is 11.6. The molecule has 0 N–H and O–H groups in total. The molecule has 3 heteroatoms. The molecular weight excluding hydrogens is 204 g/mol. The van der Waals surface area contributed by atoms with E-state index in [0.717, 1.165) is 31.4 Å². The van der Waals surface area contributed by atoms with E-state index in [2.05, 4.69) is 6.58 Å². The molecule has 0 spiro atoms. The van der Waals surface area contributed by atoms with Crippen molar-refractivity contribution in [2.24, 2.45) is 0 Å². The number of rotatable bonds is 3. The maximum Gasteiger partial charge on any atom is 0.334 e. The van der Waals surface area contributed by atoms with Crippen molar-refractivity contribution in [2.75, 3.05) is 0 Å². The quantitative estimate of drug-likeness (QED) is 0.580. The van der Waals surface area contributed by atoms with Crippen LogP contribution in [-0.4, -0.2) is 5.97 Å². The average molecular weight is 220 g/mol. The van der Waals surface area contributed by atoms with Crippen LogP contribution in [0.4, 0.5) is 0 Å². The molecule has 1 heterocycles. The van der Waals surface area contributed by atoms with E-state index in [1.54, 1.807) is 13.2 Å². The second kappa shape index (κ2) is 4.16. The highest BCUT2D eigenvalue weighted by Crippen LogP contribution is 2.42. The number of carbonyl (C=O) groups is 1. The molecule has 1 aliphatic carbocycles. The van der Waals surface area contributed by atoms with Gasteiger partial charge in [0.15, 0.2) is 5.60 Å². The molecule has 0 aliphatic heterocycles. The largest absolute Gasteiger partial charge is 0.465 e. The van der Waals surface area contributed by atoms with E-state index in [-0.39, 0.29) is 5.97 Å². The molecule has 0 aromatic carbocycles. The van der Waals surface area contributed by atoms with E-state index in [1.165, 1.54) is 0 Å². The summed E-state index contributed by atoms with van der Waals surface area (Å²) in [7, 11) is 0. The molecule has 0 bridgehead atoms. The number of hydrogen-bond acceptors (Lipinski definition) is 3. The smallest absolute Gasteiger partial charge is 0.334 e. The Bertz CT molecular complexity index is 383. The molecule has 1 aromatic rings. The molecule has 0 saturated heterocycles. The van der Waals surface area contributed by atoms with E-state index < -0.39 is 5.60 Å². The van der Waals surface area contributed by atoms with E-state index in [0.29, 0.717) is 5.57 Å². The minimum atomic E-state index is -0.556. The molecule has 16 heavy (non-hydrogen) atoms. The third-order valence-electron chi connectivity index (χ3n) is 3.02. The Morgan fingerprint density at radius 1 is 1.50 bits per heavy atom. The monoisotopic (exact) mass is 220 g/mol. The standard InChI is InChI=1S/C13H16O3/c1-10(2)12(14)16-13(7-3-4-8-13)11-6-5-9-15-11/h5-6,9H,1,3-4,7-8H2,2H3. The van der Waals surface area contributed by atoms with Gasteiger partial charge in [-0.2, -0.15) is 0 Å². The van der Waals surface area contributed by atoms with Crippen LogP contribution in [0.15, 0.2) is 35.0 Å². The maximum absolute atomic E-state index is 11.6. The van der Waals surface area contributed by atoms with Gasteiger partial charge in [0.2, 0.25) is 0 Å². The fraction of sp³-hybridized carbons (Fsp3) is 0.462. The SMILES string of the molecule is C=C(C)C(=O)OC1(c2ccco2)CCCC1. The lowest BCUT2D eigenvalue weighted by Gasteiger charge is -2.26. The van der Waals surface area contributed by atoms with Gasteiger partial charge in [-0.25, -0.2) is 4.79 Å². The van der Waals surface area contributed by atoms with E-state index >= 15 is 0 Å². The third-order valence-corrected chi connectivity index (χ3v) is 3.02. The molecule has 0 radical (unpaired) electrons. The summed E-state index contributed by atoms with van der Waals surface area (Å²) in [6, 6.07) is 3.70. The summed E-state index contributed by atoms with van der Waals surface area (Å²) in [4.78, 5) is 11.6. The van der Waals surface area contributed by atoms with Crippen LogP contribution in [0, 0.1) is 0 Å². The first-order valence-corrected chi connectivity index (χ1v) is 5.57. The van der Waals surface area contributed by atoms with E-state index in [1.807, 2.05) is 12.1 Å². The van der Waals surface area contributed by atoms with Crippen LogP contribution in [0.25, 0.3) is 0 Å². The third kappa shape index (κ3) is 1.90. The highest BCUT2D eigenvalue weighted by Gasteiger charge is 2.42. The molecule has 0 atom stereocenters. The number of furan rings is 1. The number of carbonyl (C=O) groups excluding carboxylic acids is 1. The van der Waals surface area contributed by atoms with Crippen molar-refractivity contribution in [2.45, 2.75) is 38.2 Å². The Morgan fingerprint density at radius 2 is 2.19 bits per heavy atom. The van der Waals surface area contributed by atoms with Crippen LogP contribution >= 0.6 is 0 Å². The fourth-order valence-electron chi connectivity index (χ4n) is 2.15. The van der Waals surface area contributed by atoms with E-state index in [9.17, 15) is 4.79 Å². The average Bonchev–Trinajstić information content (AvgIpc) is 2.87. The molecule has 2 rings (SSSR count). The number of hydrogen-bond donors (Lipinski definition) is 0. The summed E-state index contributed by atoms with van der Waals surface area (Å²) >= 11 is 0. The molecule has 1 aromatic heterocycles. The first-order chi connectivity index (χ1) is 7.64. The van der Waals surface area contributed by atoms with Crippen molar-refractivity contribution in [1.82, 2.24) is 0 Å². The van der Waals surface area contributed by atoms with Gasteiger partial charge in [0, 0.05) is 5.57 Å². The molecule has 1 saturated carbocycles. The normalized spacial score (nSPS) is 18.3. The Hall–Kier alpha value is -1.51. The number of esters is 1. The van der Waals surface area contributed by atoms with Crippen molar-refractivity contribution in [3.63, 3.8) is 0 Å². The summed E-state index contributed by atoms with van der Waals surface area (Å²) in [6.45, 7) is 5.26. The summed E-state index contributed by atoms with van der Waals surface area (Å²) in [6.07, 6.45) is 5.40. The van der Waals surface area contributed by atoms with Crippen molar-refractivity contribution in [3.8, 4) is 0 Å². The highest BCUT2D eigenvalue weighted by atomic mass is 16.6. The minimum Gasteiger partial charge on any atom is -0.465 e. The molecule has 0 unspecified atom stereocenters. The van der Waals surface area contributed by atoms with Crippen molar-refractivity contribution in [1.29, 1.82) is 0 Å². The first kappa shape index (κ1) is 11.0. The summed E-state index contributed by atoms with van der Waals surface area (Å²) in [5.41, 5.74) is -0.127. The first-order valence-electron chi connectivity index (χ1n) is 5.57. The topological polar surface area (TPSA) is 39.4 Å². The van der Waals surface area contributed by atoms with Crippen molar-refractivity contribution < 1.29 is 13.9 Å². The van der Waals surface area contributed by atoms with Gasteiger partial charge in [-0.05, 0) is 44.7 Å². The summed E-state index contributed by atoms with van der Waals surface area (Å²) in [5.74, 6) is 0.415. The zero-order valence-corrected chi connectivity index (χ0v) is 9.49. The Kier molecular flexibility index (Phi) is 2.86. The lowest BCUT2D eigenvalue weighted by molar-refractivity contribution is -0.157. The Balaban J connectivity index is 2.23. The summed E-state index contributed by atoms with van der Waals surface area (Å²) in [5, 5.41) is 0. The van der Waals surface area contributed by atoms with Gasteiger partial charge in [-0.1, -0.05) is 6.58 Å². The van der Waals surface area contributed by atoms with Crippen LogP contribution in [-0.2, 0) is 15.1 Å². The second-order valence-electron chi connectivity index (χ2n) is 4.35. The molecule has 0 amide bonds. The van der Waals surface area contributed by atoms with Crippen LogP contribution in [0.5, 0.6) is 0 Å². The fourth-order valence-corrected chi connectivity index (χ4v) is 2.15. The number of ether oxygens (including phenoxy) is 1. The Labute approximate surface area is 95.1 Å². The van der Waals surface area contributed by atoms with Gasteiger partial charge in [-0.3, -0.25) is 0 Å². The van der Waals surface area contributed by atoms with Crippen LogP contribution < -0.4 is 0 Å². The molecule has 86 valence electrons.